The third-order valence-electron chi connectivity index (χ3n) is 4.66. The molecule has 0 N–H and O–H groups in total. The molecule has 152 valence electrons. The molecule has 0 aliphatic carbocycles. The molecule has 1 unspecified atom stereocenters. The predicted octanol–water partition coefficient (Wildman–Crippen LogP) is 3.04. The molecule has 9 nitrogen and oxygen atoms in total. The maximum Gasteiger partial charge on any atom is 0.306 e. The van der Waals surface area contributed by atoms with Crippen molar-refractivity contribution >= 4 is 17.6 Å². The van der Waals surface area contributed by atoms with Gasteiger partial charge in [0.1, 0.15) is 0 Å². The van der Waals surface area contributed by atoms with E-state index in [0.717, 1.165) is 5.69 Å². The SMILES string of the molecule is COC(=O)CC(CC(=O)N(C)c1ccccc1)c1noc(-c2noc(C)n2)c1C. The standard InChI is InChI=1S/C20H22N4O5/c1-12-18(22-29-19(12)20-21-13(2)28-23-20)14(11-17(26)27-4)10-16(25)24(3)15-8-6-5-7-9-15/h5-9,14H,10-11H2,1-4H3. The van der Waals surface area contributed by atoms with Gasteiger partial charge in [0.05, 0.1) is 19.2 Å². The average Bonchev–Trinajstić information content (AvgIpc) is 3.32. The Kier molecular flexibility index (Phi) is 6.06. The molecule has 0 fully saturated rings. The van der Waals surface area contributed by atoms with E-state index in [9.17, 15) is 9.59 Å². The van der Waals surface area contributed by atoms with Crippen molar-refractivity contribution in [1.82, 2.24) is 15.3 Å². The van der Waals surface area contributed by atoms with Gasteiger partial charge in [0.25, 0.3) is 0 Å². The van der Waals surface area contributed by atoms with Gasteiger partial charge in [0, 0.05) is 37.6 Å². The number of methoxy groups -OCH3 is 1. The molecule has 0 aliphatic heterocycles. The summed E-state index contributed by atoms with van der Waals surface area (Å²) in [7, 11) is 3.00. The van der Waals surface area contributed by atoms with Crippen LogP contribution in [0.5, 0.6) is 0 Å². The van der Waals surface area contributed by atoms with Gasteiger partial charge in [-0.2, -0.15) is 4.98 Å². The van der Waals surface area contributed by atoms with E-state index in [1.807, 2.05) is 30.3 Å². The van der Waals surface area contributed by atoms with Crippen LogP contribution in [0.15, 0.2) is 39.4 Å². The highest BCUT2D eigenvalue weighted by molar-refractivity contribution is 5.93. The van der Waals surface area contributed by atoms with E-state index >= 15 is 0 Å². The normalized spacial score (nSPS) is 11.9. The summed E-state index contributed by atoms with van der Waals surface area (Å²) in [6.45, 7) is 3.45. The molecule has 0 saturated heterocycles. The number of benzene rings is 1. The van der Waals surface area contributed by atoms with Gasteiger partial charge in [-0.05, 0) is 19.1 Å². The molecule has 0 aliphatic rings. The van der Waals surface area contributed by atoms with E-state index in [1.165, 1.54) is 7.11 Å². The number of para-hydroxylation sites is 1. The lowest BCUT2D eigenvalue weighted by Crippen LogP contribution is -2.28. The third-order valence-corrected chi connectivity index (χ3v) is 4.66. The highest BCUT2D eigenvalue weighted by Crippen LogP contribution is 2.32. The fourth-order valence-electron chi connectivity index (χ4n) is 3.02. The second kappa shape index (κ2) is 8.68. The Morgan fingerprint density at radius 1 is 1.10 bits per heavy atom. The highest BCUT2D eigenvalue weighted by atomic mass is 16.5. The van der Waals surface area contributed by atoms with E-state index < -0.39 is 11.9 Å². The van der Waals surface area contributed by atoms with Gasteiger partial charge in [-0.25, -0.2) is 0 Å². The summed E-state index contributed by atoms with van der Waals surface area (Å²) in [5.74, 6) is -0.123. The fraction of sp³-hybridized carbons (Fsp3) is 0.350. The minimum Gasteiger partial charge on any atom is -0.469 e. The molecule has 3 rings (SSSR count). The Morgan fingerprint density at radius 2 is 1.83 bits per heavy atom. The van der Waals surface area contributed by atoms with Crippen LogP contribution < -0.4 is 4.90 Å². The summed E-state index contributed by atoms with van der Waals surface area (Å²) in [6, 6.07) is 9.26. The Bertz CT molecular complexity index is 995. The largest absolute Gasteiger partial charge is 0.469 e. The Hall–Kier alpha value is -3.49. The zero-order valence-corrected chi connectivity index (χ0v) is 16.7. The Labute approximate surface area is 167 Å². The number of carbonyl (C=O) groups is 2. The van der Waals surface area contributed by atoms with Crippen molar-refractivity contribution in [1.29, 1.82) is 0 Å². The number of esters is 1. The number of carbonyl (C=O) groups excluding carboxylic acids is 2. The molecule has 1 amide bonds. The van der Waals surface area contributed by atoms with Crippen LogP contribution in [-0.2, 0) is 14.3 Å². The fourth-order valence-corrected chi connectivity index (χ4v) is 3.02. The smallest absolute Gasteiger partial charge is 0.306 e. The molecule has 9 heteroatoms. The summed E-state index contributed by atoms with van der Waals surface area (Å²) < 4.78 is 15.2. The lowest BCUT2D eigenvalue weighted by molar-refractivity contribution is -0.141. The molecule has 0 saturated carbocycles. The van der Waals surface area contributed by atoms with Crippen LogP contribution in [0, 0.1) is 13.8 Å². The van der Waals surface area contributed by atoms with Gasteiger partial charge in [-0.1, -0.05) is 28.5 Å². The number of amides is 1. The van der Waals surface area contributed by atoms with Crippen molar-refractivity contribution in [2.24, 2.45) is 0 Å². The first-order chi connectivity index (χ1) is 13.9. The summed E-state index contributed by atoms with van der Waals surface area (Å²) in [4.78, 5) is 30.5. The number of rotatable bonds is 7. The zero-order valence-electron chi connectivity index (χ0n) is 16.7. The van der Waals surface area contributed by atoms with E-state index in [4.69, 9.17) is 13.8 Å². The van der Waals surface area contributed by atoms with E-state index in [0.29, 0.717) is 22.9 Å². The van der Waals surface area contributed by atoms with E-state index in [-0.39, 0.29) is 24.6 Å². The highest BCUT2D eigenvalue weighted by Gasteiger charge is 2.29. The molecule has 3 aromatic rings. The number of aromatic nitrogens is 3. The number of hydrogen-bond donors (Lipinski definition) is 0. The van der Waals surface area contributed by atoms with Crippen LogP contribution in [0.4, 0.5) is 5.69 Å². The molecular formula is C20H22N4O5. The molecule has 2 heterocycles. The molecule has 0 spiro atoms. The van der Waals surface area contributed by atoms with Gasteiger partial charge < -0.3 is 18.7 Å². The van der Waals surface area contributed by atoms with Crippen LogP contribution in [0.1, 0.15) is 35.9 Å². The first-order valence-corrected chi connectivity index (χ1v) is 9.06. The van der Waals surface area contributed by atoms with Crippen LogP contribution in [0.25, 0.3) is 11.6 Å². The minimum atomic E-state index is -0.522. The van der Waals surface area contributed by atoms with Gasteiger partial charge in [-0.3, -0.25) is 9.59 Å². The summed E-state index contributed by atoms with van der Waals surface area (Å²) in [6.07, 6.45) is 0.0432. The van der Waals surface area contributed by atoms with Gasteiger partial charge >= 0.3 is 5.97 Å². The molecule has 0 bridgehead atoms. The molecular weight excluding hydrogens is 376 g/mol. The average molecular weight is 398 g/mol. The summed E-state index contributed by atoms with van der Waals surface area (Å²) in [5.41, 5.74) is 1.90. The van der Waals surface area contributed by atoms with E-state index in [1.54, 1.807) is 25.8 Å². The minimum absolute atomic E-state index is 0.0110. The van der Waals surface area contributed by atoms with Crippen molar-refractivity contribution in [3.63, 3.8) is 0 Å². The van der Waals surface area contributed by atoms with Crippen molar-refractivity contribution < 1.29 is 23.4 Å². The van der Waals surface area contributed by atoms with Crippen LogP contribution in [0.3, 0.4) is 0 Å². The number of ether oxygens (including phenoxy) is 1. The molecule has 29 heavy (non-hydrogen) atoms. The van der Waals surface area contributed by atoms with Crippen molar-refractivity contribution in [2.45, 2.75) is 32.6 Å². The maximum absolute atomic E-state index is 12.9. The molecule has 1 atom stereocenters. The summed E-state index contributed by atoms with van der Waals surface area (Å²) in [5, 5.41) is 7.94. The monoisotopic (exact) mass is 398 g/mol. The third kappa shape index (κ3) is 4.50. The van der Waals surface area contributed by atoms with E-state index in [2.05, 4.69) is 15.3 Å². The Morgan fingerprint density at radius 3 is 2.45 bits per heavy atom. The predicted molar refractivity (Wildman–Crippen MR) is 103 cm³/mol. The van der Waals surface area contributed by atoms with Crippen molar-refractivity contribution in [2.75, 3.05) is 19.1 Å². The second-order valence-corrected chi connectivity index (χ2v) is 6.63. The lowest BCUT2D eigenvalue weighted by Gasteiger charge is -2.20. The number of nitrogens with zero attached hydrogens (tertiary/aromatic N) is 4. The van der Waals surface area contributed by atoms with Gasteiger partial charge in [0.2, 0.25) is 23.4 Å². The zero-order chi connectivity index (χ0) is 21.0. The Balaban J connectivity index is 1.87. The first kappa shape index (κ1) is 20.2. The van der Waals surface area contributed by atoms with Crippen molar-refractivity contribution in [3.8, 4) is 11.6 Å². The van der Waals surface area contributed by atoms with Crippen LogP contribution >= 0.6 is 0 Å². The lowest BCUT2D eigenvalue weighted by atomic mass is 9.93. The maximum atomic E-state index is 12.9. The van der Waals surface area contributed by atoms with Crippen LogP contribution in [0.2, 0.25) is 0 Å². The summed E-state index contributed by atoms with van der Waals surface area (Å²) >= 11 is 0. The number of anilines is 1. The van der Waals surface area contributed by atoms with Crippen LogP contribution in [-0.4, -0.2) is 41.3 Å². The molecule has 1 aromatic carbocycles. The molecule has 2 aromatic heterocycles. The number of hydrogen-bond acceptors (Lipinski definition) is 8. The second-order valence-electron chi connectivity index (χ2n) is 6.63. The molecule has 0 radical (unpaired) electrons. The van der Waals surface area contributed by atoms with Gasteiger partial charge in [0.15, 0.2) is 0 Å². The van der Waals surface area contributed by atoms with Gasteiger partial charge in [-0.15, -0.1) is 0 Å². The topological polar surface area (TPSA) is 112 Å². The van der Waals surface area contributed by atoms with Crippen molar-refractivity contribution in [3.05, 3.63) is 47.5 Å². The number of aryl methyl sites for hydroxylation is 1. The quantitative estimate of drug-likeness (QED) is 0.558. The first-order valence-electron chi connectivity index (χ1n) is 9.06.